The summed E-state index contributed by atoms with van der Waals surface area (Å²) >= 11 is 1.23. The van der Waals surface area contributed by atoms with Crippen molar-refractivity contribution >= 4 is 17.3 Å². The van der Waals surface area contributed by atoms with Crippen molar-refractivity contribution in [3.63, 3.8) is 0 Å². The topological polar surface area (TPSA) is 83.2 Å². The van der Waals surface area contributed by atoms with Crippen molar-refractivity contribution in [1.29, 1.82) is 5.26 Å². The van der Waals surface area contributed by atoms with Gasteiger partial charge in [-0.1, -0.05) is 18.7 Å². The quantitative estimate of drug-likeness (QED) is 0.677. The van der Waals surface area contributed by atoms with Crippen LogP contribution in [0.1, 0.15) is 22.2 Å². The summed E-state index contributed by atoms with van der Waals surface area (Å²) in [7, 11) is 0. The van der Waals surface area contributed by atoms with Crippen molar-refractivity contribution in [3.05, 3.63) is 64.1 Å². The molecule has 2 rings (SSSR count). The van der Waals surface area contributed by atoms with Crippen LogP contribution >= 0.6 is 11.3 Å². The minimum Gasteiger partial charge on any atom is -0.457 e. The Morgan fingerprint density at radius 3 is 3.05 bits per heavy atom. The summed E-state index contributed by atoms with van der Waals surface area (Å²) in [6, 6.07) is 8.76. The van der Waals surface area contributed by atoms with E-state index in [2.05, 4.69) is 11.6 Å². The Morgan fingerprint density at radius 1 is 1.57 bits per heavy atom. The molecule has 21 heavy (non-hydrogen) atoms. The molecule has 0 radical (unpaired) electrons. The fraction of sp³-hybridized carbons (Fsp3) is 0.133. The molecule has 0 aliphatic carbocycles. The summed E-state index contributed by atoms with van der Waals surface area (Å²) in [6.45, 7) is 3.56. The Kier molecular flexibility index (Phi) is 4.82. The van der Waals surface area contributed by atoms with E-state index in [1.165, 1.54) is 17.5 Å². The molecule has 1 N–H and O–H groups in total. The molecule has 2 aromatic rings. The maximum Gasteiger partial charge on any atom is 0.336 e. The fourth-order valence-electron chi connectivity index (χ4n) is 1.60. The molecule has 106 valence electrons. The third-order valence-electron chi connectivity index (χ3n) is 2.70. The van der Waals surface area contributed by atoms with Gasteiger partial charge < -0.3 is 9.84 Å². The highest BCUT2D eigenvalue weighted by molar-refractivity contribution is 7.09. The number of benzene rings is 1. The van der Waals surface area contributed by atoms with Crippen molar-refractivity contribution in [3.8, 4) is 6.07 Å². The zero-order valence-electron chi connectivity index (χ0n) is 11.0. The van der Waals surface area contributed by atoms with Gasteiger partial charge in [0.1, 0.15) is 17.7 Å². The van der Waals surface area contributed by atoms with Crippen LogP contribution < -0.4 is 0 Å². The first-order valence-corrected chi connectivity index (χ1v) is 6.92. The molecule has 0 amide bonds. The van der Waals surface area contributed by atoms with Crippen molar-refractivity contribution in [2.75, 3.05) is 0 Å². The molecule has 0 aliphatic rings. The van der Waals surface area contributed by atoms with Gasteiger partial charge in [-0.3, -0.25) is 0 Å². The largest absolute Gasteiger partial charge is 0.457 e. The average molecular weight is 300 g/mol. The highest BCUT2D eigenvalue weighted by atomic mass is 32.1. The molecule has 0 saturated carbocycles. The Bertz CT molecular complexity index is 689. The number of carbonyl (C=O) groups is 1. The maximum atomic E-state index is 11.8. The van der Waals surface area contributed by atoms with E-state index >= 15 is 0 Å². The summed E-state index contributed by atoms with van der Waals surface area (Å²) in [5.41, 5.74) is 1.12. The van der Waals surface area contributed by atoms with Crippen LogP contribution in [0.4, 0.5) is 0 Å². The Labute approximate surface area is 125 Å². The third-order valence-corrected chi connectivity index (χ3v) is 3.53. The molecule has 5 nitrogen and oxygen atoms in total. The molecular weight excluding hydrogens is 288 g/mol. The van der Waals surface area contributed by atoms with Crippen molar-refractivity contribution in [1.82, 2.24) is 4.98 Å². The molecule has 0 fully saturated rings. The van der Waals surface area contributed by atoms with E-state index < -0.39 is 12.1 Å². The van der Waals surface area contributed by atoms with E-state index in [0.29, 0.717) is 16.1 Å². The molecule has 6 heteroatoms. The van der Waals surface area contributed by atoms with Crippen LogP contribution in [0.15, 0.2) is 48.0 Å². The van der Waals surface area contributed by atoms with Gasteiger partial charge in [0.15, 0.2) is 0 Å². The monoisotopic (exact) mass is 300 g/mol. The number of hydrogen-bond donors (Lipinski definition) is 1. The number of hydrogen-bond acceptors (Lipinski definition) is 6. The van der Waals surface area contributed by atoms with Gasteiger partial charge in [0.05, 0.1) is 17.2 Å². The first kappa shape index (κ1) is 14.9. The van der Waals surface area contributed by atoms with Crippen molar-refractivity contribution in [2.45, 2.75) is 12.7 Å². The van der Waals surface area contributed by atoms with Gasteiger partial charge in [-0.25, -0.2) is 9.78 Å². The molecule has 0 aliphatic heterocycles. The zero-order valence-corrected chi connectivity index (χ0v) is 11.8. The van der Waals surface area contributed by atoms with E-state index in [4.69, 9.17) is 10.00 Å². The Morgan fingerprint density at radius 2 is 2.38 bits per heavy atom. The second kappa shape index (κ2) is 6.79. The molecule has 1 aromatic heterocycles. The molecule has 0 spiro atoms. The molecule has 1 heterocycles. The van der Waals surface area contributed by atoms with Crippen LogP contribution in [0.2, 0.25) is 0 Å². The first-order chi connectivity index (χ1) is 10.1. The molecule has 0 bridgehead atoms. The molecule has 1 unspecified atom stereocenters. The van der Waals surface area contributed by atoms with Crippen molar-refractivity contribution in [2.24, 2.45) is 0 Å². The highest BCUT2D eigenvalue weighted by Gasteiger charge is 2.21. The SMILES string of the molecule is C=C(C(=O)OCc1cccc(C#N)c1)C(O)c1nccs1. The second-order valence-corrected chi connectivity index (χ2v) is 5.11. The second-order valence-electron chi connectivity index (χ2n) is 4.19. The number of aliphatic hydroxyl groups excluding tert-OH is 1. The van der Waals surface area contributed by atoms with Gasteiger partial charge in [-0.05, 0) is 17.7 Å². The van der Waals surface area contributed by atoms with Crippen molar-refractivity contribution < 1.29 is 14.6 Å². The number of thiazole rings is 1. The van der Waals surface area contributed by atoms with Crippen LogP contribution in [-0.4, -0.2) is 16.1 Å². The number of rotatable bonds is 5. The number of aromatic nitrogens is 1. The summed E-state index contributed by atoms with van der Waals surface area (Å²) in [6.07, 6.45) is 0.373. The van der Waals surface area contributed by atoms with Crippen LogP contribution in [0.25, 0.3) is 0 Å². The lowest BCUT2D eigenvalue weighted by molar-refractivity contribution is -0.141. The number of ether oxygens (including phenoxy) is 1. The Hall–Kier alpha value is -2.49. The van der Waals surface area contributed by atoms with Crippen LogP contribution in [0.3, 0.4) is 0 Å². The van der Waals surface area contributed by atoms with Gasteiger partial charge in [0, 0.05) is 11.6 Å². The van der Waals surface area contributed by atoms with Crippen LogP contribution in [0, 0.1) is 11.3 Å². The average Bonchev–Trinajstić information content (AvgIpc) is 3.05. The lowest BCUT2D eigenvalue weighted by atomic mass is 10.1. The molecular formula is C15H12N2O3S. The van der Waals surface area contributed by atoms with E-state index in [-0.39, 0.29) is 12.2 Å². The lowest BCUT2D eigenvalue weighted by Crippen LogP contribution is -2.13. The molecule has 0 saturated heterocycles. The number of carbonyl (C=O) groups excluding carboxylic acids is 1. The van der Waals surface area contributed by atoms with Crippen LogP contribution in [-0.2, 0) is 16.1 Å². The van der Waals surface area contributed by atoms with E-state index in [9.17, 15) is 9.90 Å². The fourth-order valence-corrected chi connectivity index (χ4v) is 2.26. The number of nitriles is 1. The standard InChI is InChI=1S/C15H12N2O3S/c1-10(13(18)14-17-5-6-21-14)15(19)20-9-12-4-2-3-11(7-12)8-16/h2-7,13,18H,1,9H2. The summed E-state index contributed by atoms with van der Waals surface area (Å²) in [5, 5.41) is 20.8. The minimum atomic E-state index is -1.16. The van der Waals surface area contributed by atoms with Gasteiger partial charge in [-0.15, -0.1) is 11.3 Å². The van der Waals surface area contributed by atoms with E-state index in [1.54, 1.807) is 29.6 Å². The van der Waals surface area contributed by atoms with Gasteiger partial charge in [0.25, 0.3) is 0 Å². The predicted octanol–water partition coefficient (Wildman–Crippen LogP) is 2.35. The van der Waals surface area contributed by atoms with Crippen LogP contribution in [0.5, 0.6) is 0 Å². The van der Waals surface area contributed by atoms with Gasteiger partial charge >= 0.3 is 5.97 Å². The highest BCUT2D eigenvalue weighted by Crippen LogP contribution is 2.23. The number of esters is 1. The number of aliphatic hydroxyl groups is 1. The summed E-state index contributed by atoms with van der Waals surface area (Å²) in [5.74, 6) is -0.694. The summed E-state index contributed by atoms with van der Waals surface area (Å²) < 4.78 is 5.08. The summed E-state index contributed by atoms with van der Waals surface area (Å²) in [4.78, 5) is 15.8. The third kappa shape index (κ3) is 3.75. The minimum absolute atomic E-state index is 0.0119. The smallest absolute Gasteiger partial charge is 0.336 e. The van der Waals surface area contributed by atoms with E-state index in [0.717, 1.165) is 0 Å². The maximum absolute atomic E-state index is 11.8. The lowest BCUT2D eigenvalue weighted by Gasteiger charge is -2.11. The predicted molar refractivity (Wildman–Crippen MR) is 77.2 cm³/mol. The normalized spacial score (nSPS) is 11.4. The number of nitrogens with zero attached hydrogens (tertiary/aromatic N) is 2. The zero-order chi connectivity index (χ0) is 15.2. The van der Waals surface area contributed by atoms with Gasteiger partial charge in [-0.2, -0.15) is 5.26 Å². The van der Waals surface area contributed by atoms with E-state index in [1.807, 2.05) is 6.07 Å². The molecule has 1 aromatic carbocycles. The molecule has 1 atom stereocenters. The Balaban J connectivity index is 1.95. The van der Waals surface area contributed by atoms with Gasteiger partial charge in [0.2, 0.25) is 0 Å². The first-order valence-electron chi connectivity index (χ1n) is 6.04.